The Kier molecular flexibility index (Phi) is 5.53. The minimum absolute atomic E-state index is 0.135. The third-order valence-corrected chi connectivity index (χ3v) is 6.03. The van der Waals surface area contributed by atoms with Gasteiger partial charge < -0.3 is 10.6 Å². The molecule has 138 valence electrons. The van der Waals surface area contributed by atoms with Gasteiger partial charge in [0.1, 0.15) is 5.82 Å². The van der Waals surface area contributed by atoms with Crippen LogP contribution in [0.1, 0.15) is 12.8 Å². The van der Waals surface area contributed by atoms with Crippen molar-refractivity contribution < 1.29 is 17.6 Å². The number of sulfonamides is 1. The third kappa shape index (κ3) is 4.20. The van der Waals surface area contributed by atoms with Gasteiger partial charge in [-0.2, -0.15) is 4.31 Å². The molecule has 2 N–H and O–H groups in total. The minimum atomic E-state index is -3.54. The zero-order valence-corrected chi connectivity index (χ0v) is 14.9. The van der Waals surface area contributed by atoms with E-state index in [4.69, 9.17) is 0 Å². The van der Waals surface area contributed by atoms with Crippen LogP contribution in [0.25, 0.3) is 0 Å². The van der Waals surface area contributed by atoms with E-state index in [9.17, 15) is 17.6 Å². The van der Waals surface area contributed by atoms with Crippen molar-refractivity contribution in [1.29, 1.82) is 0 Å². The van der Waals surface area contributed by atoms with Gasteiger partial charge in [-0.3, -0.25) is 4.79 Å². The lowest BCUT2D eigenvalue weighted by Gasteiger charge is -2.16. The van der Waals surface area contributed by atoms with E-state index in [0.29, 0.717) is 18.8 Å². The third-order valence-electron chi connectivity index (χ3n) is 4.13. The first-order chi connectivity index (χ1) is 12.5. The number of carbonyl (C=O) groups excluding carboxylic acids is 1. The van der Waals surface area contributed by atoms with E-state index in [1.807, 2.05) is 0 Å². The van der Waals surface area contributed by atoms with E-state index in [1.54, 1.807) is 24.3 Å². The number of nitrogens with zero attached hydrogens (tertiary/aromatic N) is 1. The molecule has 0 aromatic heterocycles. The van der Waals surface area contributed by atoms with Crippen molar-refractivity contribution in [3.8, 4) is 0 Å². The number of halogens is 1. The fourth-order valence-electron chi connectivity index (χ4n) is 2.80. The van der Waals surface area contributed by atoms with Crippen molar-refractivity contribution in [1.82, 2.24) is 4.31 Å². The molecule has 0 bridgehead atoms. The summed E-state index contributed by atoms with van der Waals surface area (Å²) in [4.78, 5) is 12.2. The molecule has 2 aromatic rings. The number of benzene rings is 2. The highest BCUT2D eigenvalue weighted by Crippen LogP contribution is 2.23. The summed E-state index contributed by atoms with van der Waals surface area (Å²) in [5.74, 6) is -0.844. The number of rotatable bonds is 6. The summed E-state index contributed by atoms with van der Waals surface area (Å²) in [6.07, 6.45) is 1.72. The summed E-state index contributed by atoms with van der Waals surface area (Å²) in [6, 6.07) is 12.2. The molecule has 3 rings (SSSR count). The predicted molar refractivity (Wildman–Crippen MR) is 98.0 cm³/mol. The molecule has 0 saturated carbocycles. The molecule has 6 nitrogen and oxygen atoms in total. The monoisotopic (exact) mass is 377 g/mol. The first kappa shape index (κ1) is 18.3. The van der Waals surface area contributed by atoms with E-state index in [2.05, 4.69) is 10.6 Å². The van der Waals surface area contributed by atoms with Gasteiger partial charge in [0.2, 0.25) is 15.9 Å². The predicted octanol–water partition coefficient (Wildman–Crippen LogP) is 2.66. The number of para-hydroxylation sites is 1. The van der Waals surface area contributed by atoms with Crippen LogP contribution in [0.2, 0.25) is 0 Å². The highest BCUT2D eigenvalue weighted by molar-refractivity contribution is 7.89. The van der Waals surface area contributed by atoms with E-state index < -0.39 is 21.7 Å². The second-order valence-electron chi connectivity index (χ2n) is 6.02. The second kappa shape index (κ2) is 7.84. The van der Waals surface area contributed by atoms with Crippen LogP contribution in [0, 0.1) is 5.82 Å². The van der Waals surface area contributed by atoms with Crippen LogP contribution in [-0.4, -0.2) is 38.3 Å². The summed E-state index contributed by atoms with van der Waals surface area (Å²) in [7, 11) is -3.54. The van der Waals surface area contributed by atoms with Crippen molar-refractivity contribution in [2.24, 2.45) is 0 Å². The van der Waals surface area contributed by atoms with Gasteiger partial charge in [0.05, 0.1) is 17.1 Å². The Morgan fingerprint density at radius 3 is 2.54 bits per heavy atom. The fraction of sp³-hybridized carbons (Fsp3) is 0.278. The Morgan fingerprint density at radius 2 is 1.81 bits per heavy atom. The summed E-state index contributed by atoms with van der Waals surface area (Å²) >= 11 is 0. The Hall–Kier alpha value is -2.45. The Morgan fingerprint density at radius 1 is 1.08 bits per heavy atom. The Bertz CT molecular complexity index is 896. The van der Waals surface area contributed by atoms with Crippen molar-refractivity contribution >= 4 is 27.3 Å². The van der Waals surface area contributed by atoms with Gasteiger partial charge in [-0.25, -0.2) is 12.8 Å². The molecule has 8 heteroatoms. The molecule has 0 unspecified atom stereocenters. The SMILES string of the molecule is O=C(CNc1ccccc1F)Nc1cccc(S(=O)(=O)N2CCCC2)c1. The molecule has 1 aliphatic rings. The normalized spacial score (nSPS) is 15.0. The smallest absolute Gasteiger partial charge is 0.243 e. The summed E-state index contributed by atoms with van der Waals surface area (Å²) in [5, 5.41) is 5.34. The van der Waals surface area contributed by atoms with Gasteiger partial charge in [-0.1, -0.05) is 18.2 Å². The molecular weight excluding hydrogens is 357 g/mol. The van der Waals surface area contributed by atoms with Crippen LogP contribution in [0.5, 0.6) is 0 Å². The van der Waals surface area contributed by atoms with Crippen molar-refractivity contribution in [2.75, 3.05) is 30.3 Å². The second-order valence-corrected chi connectivity index (χ2v) is 7.96. The topological polar surface area (TPSA) is 78.5 Å². The lowest BCUT2D eigenvalue weighted by molar-refractivity contribution is -0.114. The van der Waals surface area contributed by atoms with Crippen LogP contribution in [0.4, 0.5) is 15.8 Å². The highest BCUT2D eigenvalue weighted by atomic mass is 32.2. The minimum Gasteiger partial charge on any atom is -0.374 e. The first-order valence-electron chi connectivity index (χ1n) is 8.35. The van der Waals surface area contributed by atoms with Gasteiger partial charge in [-0.15, -0.1) is 0 Å². The average Bonchev–Trinajstić information content (AvgIpc) is 3.17. The van der Waals surface area contributed by atoms with E-state index in [1.165, 1.54) is 28.6 Å². The number of hydrogen-bond acceptors (Lipinski definition) is 4. The molecule has 0 radical (unpaired) electrons. The molecule has 26 heavy (non-hydrogen) atoms. The average molecular weight is 377 g/mol. The zero-order chi connectivity index (χ0) is 18.6. The van der Waals surface area contributed by atoms with Gasteiger partial charge in [0, 0.05) is 18.8 Å². The van der Waals surface area contributed by atoms with E-state index in [0.717, 1.165) is 12.8 Å². The van der Waals surface area contributed by atoms with Gasteiger partial charge in [0.25, 0.3) is 0 Å². The number of anilines is 2. The summed E-state index contributed by atoms with van der Waals surface area (Å²) in [5.41, 5.74) is 0.610. The lowest BCUT2D eigenvalue weighted by Crippen LogP contribution is -2.28. The standard InChI is InChI=1S/C18H20FN3O3S/c19-16-8-1-2-9-17(16)20-13-18(23)21-14-6-5-7-15(12-14)26(24,25)22-10-3-4-11-22/h1-2,5-9,12,20H,3-4,10-11,13H2,(H,21,23). The summed E-state index contributed by atoms with van der Waals surface area (Å²) in [6.45, 7) is 0.904. The van der Waals surface area contributed by atoms with Crippen LogP contribution in [0.15, 0.2) is 53.4 Å². The van der Waals surface area contributed by atoms with Crippen molar-refractivity contribution in [3.05, 3.63) is 54.3 Å². The maximum atomic E-state index is 13.5. The van der Waals surface area contributed by atoms with Crippen LogP contribution >= 0.6 is 0 Å². The highest BCUT2D eigenvalue weighted by Gasteiger charge is 2.27. The fourth-order valence-corrected chi connectivity index (χ4v) is 4.36. The van der Waals surface area contributed by atoms with E-state index >= 15 is 0 Å². The number of amides is 1. The first-order valence-corrected chi connectivity index (χ1v) is 9.79. The van der Waals surface area contributed by atoms with Crippen molar-refractivity contribution in [2.45, 2.75) is 17.7 Å². The quantitative estimate of drug-likeness (QED) is 0.811. The van der Waals surface area contributed by atoms with Crippen LogP contribution < -0.4 is 10.6 Å². The van der Waals surface area contributed by atoms with Crippen molar-refractivity contribution in [3.63, 3.8) is 0 Å². The van der Waals surface area contributed by atoms with E-state index in [-0.39, 0.29) is 17.1 Å². The molecule has 1 saturated heterocycles. The molecule has 2 aromatic carbocycles. The maximum Gasteiger partial charge on any atom is 0.243 e. The number of carbonyl (C=O) groups is 1. The maximum absolute atomic E-state index is 13.5. The molecule has 1 heterocycles. The largest absolute Gasteiger partial charge is 0.374 e. The van der Waals surface area contributed by atoms with Gasteiger partial charge >= 0.3 is 0 Å². The Balaban J connectivity index is 1.65. The molecule has 1 amide bonds. The molecule has 0 spiro atoms. The Labute approximate surface area is 152 Å². The lowest BCUT2D eigenvalue weighted by atomic mass is 10.3. The van der Waals surface area contributed by atoms with Crippen LogP contribution in [-0.2, 0) is 14.8 Å². The number of hydrogen-bond donors (Lipinski definition) is 2. The van der Waals surface area contributed by atoms with Crippen LogP contribution in [0.3, 0.4) is 0 Å². The molecule has 1 fully saturated rings. The number of nitrogens with one attached hydrogen (secondary N) is 2. The van der Waals surface area contributed by atoms with Gasteiger partial charge in [0.15, 0.2) is 0 Å². The molecular formula is C18H20FN3O3S. The van der Waals surface area contributed by atoms with Gasteiger partial charge in [-0.05, 0) is 43.2 Å². The zero-order valence-electron chi connectivity index (χ0n) is 14.1. The summed E-state index contributed by atoms with van der Waals surface area (Å²) < 4.78 is 40.1. The molecule has 0 atom stereocenters. The molecule has 0 aliphatic carbocycles. The molecule has 1 aliphatic heterocycles.